The highest BCUT2D eigenvalue weighted by Crippen LogP contribution is 2.40. The van der Waals surface area contributed by atoms with Crippen molar-refractivity contribution in [1.82, 2.24) is 20.0 Å². The van der Waals surface area contributed by atoms with Gasteiger partial charge in [-0.1, -0.05) is 5.16 Å². The van der Waals surface area contributed by atoms with E-state index < -0.39 is 0 Å². The second-order valence-electron chi connectivity index (χ2n) is 8.34. The lowest BCUT2D eigenvalue weighted by Crippen LogP contribution is -2.38. The number of nitrogens with zero attached hydrogens (tertiary/aromatic N) is 4. The van der Waals surface area contributed by atoms with Crippen LogP contribution >= 0.6 is 0 Å². The molecule has 1 atom stereocenters. The monoisotopic (exact) mass is 398 g/mol. The normalized spacial score (nSPS) is 24.8. The number of hydrogen-bond acceptors (Lipinski definition) is 6. The zero-order chi connectivity index (χ0) is 20.5. The Balaban J connectivity index is 1.63. The average molecular weight is 399 g/mol. The van der Waals surface area contributed by atoms with Gasteiger partial charge in [-0.05, 0) is 59.3 Å². The maximum absolute atomic E-state index is 13.4. The van der Waals surface area contributed by atoms with E-state index in [0.717, 1.165) is 67.6 Å². The zero-order valence-electron chi connectivity index (χ0n) is 17.8. The van der Waals surface area contributed by atoms with Crippen molar-refractivity contribution in [2.75, 3.05) is 13.7 Å². The third kappa shape index (κ3) is 3.80. The van der Waals surface area contributed by atoms with Gasteiger partial charge in [0.25, 0.3) is 0 Å². The van der Waals surface area contributed by atoms with Crippen molar-refractivity contribution < 1.29 is 14.1 Å². The molecule has 1 saturated carbocycles. The number of methoxy groups -OCH3 is 1. The number of amides is 1. The number of likely N-dealkylation sites (tertiary alicyclic amines) is 1. The van der Waals surface area contributed by atoms with Crippen LogP contribution in [0.1, 0.15) is 67.3 Å². The van der Waals surface area contributed by atoms with Crippen molar-refractivity contribution in [3.63, 3.8) is 0 Å². The van der Waals surface area contributed by atoms with Crippen LogP contribution in [0.25, 0.3) is 11.3 Å². The summed E-state index contributed by atoms with van der Waals surface area (Å²) in [4.78, 5) is 24.6. The molecule has 1 aliphatic heterocycles. The van der Waals surface area contributed by atoms with E-state index in [1.165, 1.54) is 0 Å². The van der Waals surface area contributed by atoms with Crippen LogP contribution in [0.2, 0.25) is 0 Å². The standard InChI is InChI=1S/C22H30N4O3/c1-13-14(2)25-29-21(13)18-12-23-15(3)24-20(18)19-6-5-11-26(19)22(27)16-7-9-17(28-4)10-8-16/h12,16-17,19H,5-11H2,1-4H3/t16?,17?,19-/m1/s1. The van der Waals surface area contributed by atoms with E-state index >= 15 is 0 Å². The first kappa shape index (κ1) is 20.0. The highest BCUT2D eigenvalue weighted by atomic mass is 16.5. The van der Waals surface area contributed by atoms with Gasteiger partial charge in [0.05, 0.1) is 29.1 Å². The molecule has 0 unspecified atom stereocenters. The van der Waals surface area contributed by atoms with Crippen LogP contribution in [-0.2, 0) is 9.53 Å². The van der Waals surface area contributed by atoms with Crippen LogP contribution in [0.15, 0.2) is 10.7 Å². The number of ether oxygens (including phenoxy) is 1. The van der Waals surface area contributed by atoms with Crippen molar-refractivity contribution in [3.05, 3.63) is 29.0 Å². The van der Waals surface area contributed by atoms with Gasteiger partial charge in [0, 0.05) is 31.3 Å². The molecule has 0 spiro atoms. The Kier molecular flexibility index (Phi) is 5.67. The molecule has 4 rings (SSSR count). The Morgan fingerprint density at radius 1 is 1.17 bits per heavy atom. The van der Waals surface area contributed by atoms with Gasteiger partial charge in [-0.2, -0.15) is 0 Å². The summed E-state index contributed by atoms with van der Waals surface area (Å²) < 4.78 is 11.1. The lowest BCUT2D eigenvalue weighted by molar-refractivity contribution is -0.138. The molecule has 1 aliphatic carbocycles. The van der Waals surface area contributed by atoms with Gasteiger partial charge in [-0.25, -0.2) is 9.97 Å². The number of carbonyl (C=O) groups is 1. The van der Waals surface area contributed by atoms with Crippen molar-refractivity contribution in [3.8, 4) is 11.3 Å². The first-order chi connectivity index (χ1) is 14.0. The minimum atomic E-state index is -0.0378. The van der Waals surface area contributed by atoms with Gasteiger partial charge in [0.1, 0.15) is 5.82 Å². The molecule has 0 aromatic carbocycles. The van der Waals surface area contributed by atoms with Crippen molar-refractivity contribution in [1.29, 1.82) is 0 Å². The van der Waals surface area contributed by atoms with Gasteiger partial charge in [-0.3, -0.25) is 4.79 Å². The third-order valence-electron chi connectivity index (χ3n) is 6.55. The highest BCUT2D eigenvalue weighted by Gasteiger charge is 2.38. The van der Waals surface area contributed by atoms with Crippen molar-refractivity contribution in [2.45, 2.75) is 71.4 Å². The minimum absolute atomic E-state index is 0.0378. The molecule has 7 nitrogen and oxygen atoms in total. The molecule has 2 aromatic heterocycles. The second kappa shape index (κ2) is 8.22. The van der Waals surface area contributed by atoms with Gasteiger partial charge in [-0.15, -0.1) is 0 Å². The number of rotatable bonds is 4. The van der Waals surface area contributed by atoms with Crippen LogP contribution < -0.4 is 0 Å². The molecule has 2 fully saturated rings. The fraction of sp³-hybridized carbons (Fsp3) is 0.636. The first-order valence-corrected chi connectivity index (χ1v) is 10.6. The molecule has 0 radical (unpaired) electrons. The molecular weight excluding hydrogens is 368 g/mol. The fourth-order valence-electron chi connectivity index (χ4n) is 4.68. The summed E-state index contributed by atoms with van der Waals surface area (Å²) in [5.74, 6) is 1.76. The van der Waals surface area contributed by atoms with Crippen LogP contribution in [-0.4, -0.2) is 45.7 Å². The fourth-order valence-corrected chi connectivity index (χ4v) is 4.68. The Hall–Kier alpha value is -2.28. The van der Waals surface area contributed by atoms with Gasteiger partial charge < -0.3 is 14.2 Å². The van der Waals surface area contributed by atoms with E-state index in [1.807, 2.05) is 31.9 Å². The Bertz CT molecular complexity index is 886. The summed E-state index contributed by atoms with van der Waals surface area (Å²) in [5.41, 5.74) is 3.59. The predicted octanol–water partition coefficient (Wildman–Crippen LogP) is 3.93. The molecule has 156 valence electrons. The third-order valence-corrected chi connectivity index (χ3v) is 6.55. The Labute approximate surface area is 171 Å². The molecular formula is C22H30N4O3. The molecule has 7 heteroatoms. The van der Waals surface area contributed by atoms with Crippen LogP contribution in [0.3, 0.4) is 0 Å². The largest absolute Gasteiger partial charge is 0.381 e. The SMILES string of the molecule is COC1CCC(C(=O)N2CCC[C@@H]2c2nc(C)ncc2-c2onc(C)c2C)CC1. The van der Waals surface area contributed by atoms with Gasteiger partial charge in [0.2, 0.25) is 5.91 Å². The summed E-state index contributed by atoms with van der Waals surface area (Å²) in [6.45, 7) is 6.60. The Morgan fingerprint density at radius 3 is 2.59 bits per heavy atom. The first-order valence-electron chi connectivity index (χ1n) is 10.6. The molecule has 29 heavy (non-hydrogen) atoms. The predicted molar refractivity (Wildman–Crippen MR) is 108 cm³/mol. The van der Waals surface area contributed by atoms with E-state index in [4.69, 9.17) is 14.2 Å². The smallest absolute Gasteiger partial charge is 0.226 e. The average Bonchev–Trinajstić information content (AvgIpc) is 3.35. The lowest BCUT2D eigenvalue weighted by Gasteiger charge is -2.33. The maximum Gasteiger partial charge on any atom is 0.226 e. The van der Waals surface area contributed by atoms with Crippen LogP contribution in [0.5, 0.6) is 0 Å². The summed E-state index contributed by atoms with van der Waals surface area (Å²) in [7, 11) is 1.76. The molecule has 3 heterocycles. The summed E-state index contributed by atoms with van der Waals surface area (Å²) in [6.07, 6.45) is 7.72. The molecule has 2 aliphatic rings. The van der Waals surface area contributed by atoms with E-state index in [0.29, 0.717) is 17.7 Å². The summed E-state index contributed by atoms with van der Waals surface area (Å²) in [6, 6.07) is -0.0378. The molecule has 1 saturated heterocycles. The zero-order valence-corrected chi connectivity index (χ0v) is 17.8. The van der Waals surface area contributed by atoms with Gasteiger partial charge in [0.15, 0.2) is 5.76 Å². The quantitative estimate of drug-likeness (QED) is 0.776. The molecule has 0 N–H and O–H groups in total. The van der Waals surface area contributed by atoms with Crippen LogP contribution in [0.4, 0.5) is 0 Å². The van der Waals surface area contributed by atoms with E-state index in [1.54, 1.807) is 7.11 Å². The van der Waals surface area contributed by atoms with E-state index in [2.05, 4.69) is 10.1 Å². The number of aryl methyl sites for hydroxylation is 2. The maximum atomic E-state index is 13.4. The summed E-state index contributed by atoms with van der Waals surface area (Å²) >= 11 is 0. The van der Waals surface area contributed by atoms with Crippen LogP contribution in [0, 0.1) is 26.7 Å². The molecule has 1 amide bonds. The van der Waals surface area contributed by atoms with E-state index in [-0.39, 0.29) is 17.9 Å². The highest BCUT2D eigenvalue weighted by molar-refractivity contribution is 5.80. The molecule has 2 aromatic rings. The van der Waals surface area contributed by atoms with Crippen molar-refractivity contribution in [2.24, 2.45) is 5.92 Å². The Morgan fingerprint density at radius 2 is 1.93 bits per heavy atom. The van der Waals surface area contributed by atoms with E-state index in [9.17, 15) is 4.79 Å². The number of carbonyl (C=O) groups excluding carboxylic acids is 1. The topological polar surface area (TPSA) is 81.4 Å². The molecule has 0 bridgehead atoms. The summed E-state index contributed by atoms with van der Waals surface area (Å²) in [5, 5.41) is 4.10. The van der Waals surface area contributed by atoms with Crippen molar-refractivity contribution >= 4 is 5.91 Å². The lowest BCUT2D eigenvalue weighted by atomic mass is 9.86. The second-order valence-corrected chi connectivity index (χ2v) is 8.34. The number of aromatic nitrogens is 3. The minimum Gasteiger partial charge on any atom is -0.381 e. The van der Waals surface area contributed by atoms with Gasteiger partial charge >= 0.3 is 0 Å². The number of hydrogen-bond donors (Lipinski definition) is 0.